The maximum Gasteiger partial charge on any atom is 0.140 e. The average Bonchev–Trinajstić information content (AvgIpc) is 2.17. The lowest BCUT2D eigenvalue weighted by atomic mass is 9.99. The summed E-state index contributed by atoms with van der Waals surface area (Å²) < 4.78 is 0. The van der Waals surface area contributed by atoms with Crippen LogP contribution in [-0.2, 0) is 0 Å². The van der Waals surface area contributed by atoms with Gasteiger partial charge >= 0.3 is 0 Å². The van der Waals surface area contributed by atoms with E-state index in [2.05, 4.69) is 31.0 Å². The first-order valence-corrected chi connectivity index (χ1v) is 5.38. The van der Waals surface area contributed by atoms with E-state index in [1.165, 1.54) is 0 Å². The maximum atomic E-state index is 9.81. The minimum Gasteiger partial charge on any atom is -0.506 e. The van der Waals surface area contributed by atoms with Crippen LogP contribution in [0.2, 0.25) is 0 Å². The predicted molar refractivity (Wildman–Crippen MR) is 63.7 cm³/mol. The molecule has 0 atom stereocenters. The standard InChI is InChI=1S/C12H18N2O/c1-4-14-8-12(2,3)13-11-9(14)6-5-7-10(11)15/h5-7,13,15H,4,8H2,1-3H3. The molecule has 1 aliphatic rings. The van der Waals surface area contributed by atoms with Crippen LogP contribution in [0.4, 0.5) is 11.4 Å². The zero-order valence-electron chi connectivity index (χ0n) is 9.54. The molecule has 0 spiro atoms. The highest BCUT2D eigenvalue weighted by Crippen LogP contribution is 2.40. The number of phenols is 1. The molecule has 15 heavy (non-hydrogen) atoms. The zero-order valence-corrected chi connectivity index (χ0v) is 9.54. The number of para-hydroxylation sites is 1. The van der Waals surface area contributed by atoms with Crippen LogP contribution in [-0.4, -0.2) is 23.7 Å². The van der Waals surface area contributed by atoms with Gasteiger partial charge in [-0.1, -0.05) is 6.07 Å². The molecule has 0 bridgehead atoms. The summed E-state index contributed by atoms with van der Waals surface area (Å²) in [5, 5.41) is 13.2. The summed E-state index contributed by atoms with van der Waals surface area (Å²) in [6, 6.07) is 5.65. The Balaban J connectivity index is 2.49. The lowest BCUT2D eigenvalue weighted by Crippen LogP contribution is -2.48. The number of anilines is 2. The number of benzene rings is 1. The quantitative estimate of drug-likeness (QED) is 0.693. The molecule has 3 heteroatoms. The second-order valence-electron chi connectivity index (χ2n) is 4.69. The third-order valence-electron chi connectivity index (χ3n) is 2.79. The van der Waals surface area contributed by atoms with Crippen LogP contribution in [0.15, 0.2) is 18.2 Å². The van der Waals surface area contributed by atoms with E-state index in [0.29, 0.717) is 5.75 Å². The highest BCUT2D eigenvalue weighted by atomic mass is 16.3. The first-order valence-electron chi connectivity index (χ1n) is 5.38. The summed E-state index contributed by atoms with van der Waals surface area (Å²) in [5.41, 5.74) is 1.95. The van der Waals surface area contributed by atoms with Gasteiger partial charge in [-0.2, -0.15) is 0 Å². The molecule has 3 nitrogen and oxygen atoms in total. The van der Waals surface area contributed by atoms with E-state index in [-0.39, 0.29) is 5.54 Å². The Kier molecular flexibility index (Phi) is 2.25. The van der Waals surface area contributed by atoms with Gasteiger partial charge in [-0.3, -0.25) is 0 Å². The third kappa shape index (κ3) is 1.74. The normalized spacial score (nSPS) is 18.2. The van der Waals surface area contributed by atoms with Crippen LogP contribution in [0.3, 0.4) is 0 Å². The molecule has 1 aromatic rings. The first kappa shape index (κ1) is 10.1. The molecular formula is C12H18N2O. The fraction of sp³-hybridized carbons (Fsp3) is 0.500. The van der Waals surface area contributed by atoms with Crippen molar-refractivity contribution in [3.05, 3.63) is 18.2 Å². The monoisotopic (exact) mass is 206 g/mol. The Morgan fingerprint density at radius 2 is 2.20 bits per heavy atom. The van der Waals surface area contributed by atoms with E-state index in [0.717, 1.165) is 24.5 Å². The Bertz CT molecular complexity index is 374. The van der Waals surface area contributed by atoms with Gasteiger partial charge in [0.2, 0.25) is 0 Å². The van der Waals surface area contributed by atoms with Gasteiger partial charge in [0, 0.05) is 18.6 Å². The van der Waals surface area contributed by atoms with Crippen LogP contribution >= 0.6 is 0 Å². The minimum absolute atomic E-state index is 0.00183. The third-order valence-corrected chi connectivity index (χ3v) is 2.79. The van der Waals surface area contributed by atoms with Crippen molar-refractivity contribution in [2.75, 3.05) is 23.3 Å². The number of nitrogens with one attached hydrogen (secondary N) is 1. The molecule has 2 rings (SSSR count). The van der Waals surface area contributed by atoms with Crippen LogP contribution in [0.1, 0.15) is 20.8 Å². The van der Waals surface area contributed by atoms with Gasteiger partial charge in [0.05, 0.1) is 5.69 Å². The summed E-state index contributed by atoms with van der Waals surface area (Å²) in [6.07, 6.45) is 0. The van der Waals surface area contributed by atoms with Crippen molar-refractivity contribution < 1.29 is 5.11 Å². The molecule has 1 aromatic carbocycles. The molecule has 82 valence electrons. The minimum atomic E-state index is 0.00183. The van der Waals surface area contributed by atoms with Crippen molar-refractivity contribution in [1.82, 2.24) is 0 Å². The number of fused-ring (bicyclic) bond motifs is 1. The molecule has 0 aromatic heterocycles. The summed E-state index contributed by atoms with van der Waals surface area (Å²) >= 11 is 0. The summed E-state index contributed by atoms with van der Waals surface area (Å²) in [6.45, 7) is 8.34. The predicted octanol–water partition coefficient (Wildman–Crippen LogP) is 2.42. The van der Waals surface area contributed by atoms with E-state index in [4.69, 9.17) is 0 Å². The summed E-state index contributed by atoms with van der Waals surface area (Å²) in [7, 11) is 0. The number of phenolic OH excluding ortho intramolecular Hbond substituents is 1. The van der Waals surface area contributed by atoms with Crippen molar-refractivity contribution in [3.63, 3.8) is 0 Å². The Morgan fingerprint density at radius 3 is 2.87 bits per heavy atom. The zero-order chi connectivity index (χ0) is 11.1. The number of hydrogen-bond acceptors (Lipinski definition) is 3. The highest BCUT2D eigenvalue weighted by Gasteiger charge is 2.29. The van der Waals surface area contributed by atoms with E-state index >= 15 is 0 Å². The van der Waals surface area contributed by atoms with Crippen LogP contribution in [0, 0.1) is 0 Å². The van der Waals surface area contributed by atoms with Gasteiger partial charge in [-0.05, 0) is 32.9 Å². The maximum absolute atomic E-state index is 9.81. The molecule has 0 unspecified atom stereocenters. The molecule has 0 amide bonds. The first-order chi connectivity index (χ1) is 7.03. The van der Waals surface area contributed by atoms with Gasteiger partial charge in [-0.25, -0.2) is 0 Å². The Labute approximate surface area is 90.7 Å². The van der Waals surface area contributed by atoms with Gasteiger partial charge in [0.25, 0.3) is 0 Å². The SMILES string of the molecule is CCN1CC(C)(C)Nc2c(O)cccc21. The highest BCUT2D eigenvalue weighted by molar-refractivity contribution is 5.79. The van der Waals surface area contributed by atoms with Gasteiger partial charge in [0.1, 0.15) is 11.4 Å². The van der Waals surface area contributed by atoms with Gasteiger partial charge < -0.3 is 15.3 Å². The smallest absolute Gasteiger partial charge is 0.140 e. The van der Waals surface area contributed by atoms with Crippen LogP contribution in [0.5, 0.6) is 5.75 Å². The number of hydrogen-bond donors (Lipinski definition) is 2. The fourth-order valence-corrected chi connectivity index (χ4v) is 2.14. The molecule has 0 aliphatic carbocycles. The topological polar surface area (TPSA) is 35.5 Å². The van der Waals surface area contributed by atoms with Crippen molar-refractivity contribution in [2.24, 2.45) is 0 Å². The number of aromatic hydroxyl groups is 1. The van der Waals surface area contributed by atoms with Crippen molar-refractivity contribution in [2.45, 2.75) is 26.3 Å². The van der Waals surface area contributed by atoms with Gasteiger partial charge in [0.15, 0.2) is 0 Å². The molecule has 0 saturated heterocycles. The van der Waals surface area contributed by atoms with E-state index < -0.39 is 0 Å². The van der Waals surface area contributed by atoms with Crippen molar-refractivity contribution >= 4 is 11.4 Å². The van der Waals surface area contributed by atoms with Crippen molar-refractivity contribution in [1.29, 1.82) is 0 Å². The molecule has 2 N–H and O–H groups in total. The molecule has 1 heterocycles. The Hall–Kier alpha value is -1.38. The molecular weight excluding hydrogens is 188 g/mol. The fourth-order valence-electron chi connectivity index (χ4n) is 2.14. The molecule has 0 radical (unpaired) electrons. The lowest BCUT2D eigenvalue weighted by Gasteiger charge is -2.41. The van der Waals surface area contributed by atoms with E-state index in [9.17, 15) is 5.11 Å². The number of nitrogens with zero attached hydrogens (tertiary/aromatic N) is 1. The largest absolute Gasteiger partial charge is 0.506 e. The number of rotatable bonds is 1. The van der Waals surface area contributed by atoms with Gasteiger partial charge in [-0.15, -0.1) is 0 Å². The summed E-state index contributed by atoms with van der Waals surface area (Å²) in [4.78, 5) is 2.28. The number of likely N-dealkylation sites (N-methyl/N-ethyl adjacent to an activating group) is 1. The second-order valence-corrected chi connectivity index (χ2v) is 4.69. The lowest BCUT2D eigenvalue weighted by molar-refractivity contribution is 0.467. The van der Waals surface area contributed by atoms with Crippen LogP contribution in [0.25, 0.3) is 0 Å². The van der Waals surface area contributed by atoms with E-state index in [1.807, 2.05) is 12.1 Å². The van der Waals surface area contributed by atoms with Crippen molar-refractivity contribution in [3.8, 4) is 5.75 Å². The van der Waals surface area contributed by atoms with Crippen LogP contribution < -0.4 is 10.2 Å². The second kappa shape index (κ2) is 3.33. The molecule has 0 saturated carbocycles. The Morgan fingerprint density at radius 1 is 1.47 bits per heavy atom. The summed E-state index contributed by atoms with van der Waals surface area (Å²) in [5.74, 6) is 0.332. The average molecular weight is 206 g/mol. The molecule has 0 fully saturated rings. The van der Waals surface area contributed by atoms with E-state index in [1.54, 1.807) is 6.07 Å². The molecule has 1 aliphatic heterocycles.